The van der Waals surface area contributed by atoms with Gasteiger partial charge in [-0.3, -0.25) is 9.59 Å². The molecule has 0 bridgehead atoms. The Balaban J connectivity index is 1.57. The molecule has 3 aromatic heterocycles. The van der Waals surface area contributed by atoms with Gasteiger partial charge in [-0.05, 0) is 31.5 Å². The zero-order valence-electron chi connectivity index (χ0n) is 13.6. The second kappa shape index (κ2) is 6.16. The molecule has 3 heterocycles. The molecule has 0 aliphatic rings. The summed E-state index contributed by atoms with van der Waals surface area (Å²) >= 11 is 2.70. The first-order chi connectivity index (χ1) is 12.0. The lowest BCUT2D eigenvalue weighted by Crippen LogP contribution is -2.10. The Morgan fingerprint density at radius 2 is 2.12 bits per heavy atom. The van der Waals surface area contributed by atoms with Crippen LogP contribution in [0.4, 0.5) is 0 Å². The van der Waals surface area contributed by atoms with E-state index in [9.17, 15) is 9.59 Å². The van der Waals surface area contributed by atoms with E-state index in [0.717, 1.165) is 15.8 Å². The molecule has 0 saturated carbocycles. The second-order valence-corrected chi connectivity index (χ2v) is 7.86. The van der Waals surface area contributed by atoms with Crippen molar-refractivity contribution < 1.29 is 9.21 Å². The lowest BCUT2D eigenvalue weighted by Gasteiger charge is -1.99. The number of thiophene rings is 1. The molecule has 0 spiro atoms. The molecule has 0 unspecified atom stereocenters. The van der Waals surface area contributed by atoms with Crippen LogP contribution in [-0.4, -0.2) is 21.5 Å². The van der Waals surface area contributed by atoms with Crippen LogP contribution in [0.15, 0.2) is 44.7 Å². The summed E-state index contributed by atoms with van der Waals surface area (Å²) in [6, 6.07) is 9.23. The van der Waals surface area contributed by atoms with Crippen LogP contribution in [0.25, 0.3) is 21.2 Å². The predicted molar refractivity (Wildman–Crippen MR) is 101 cm³/mol. The minimum atomic E-state index is -0.162. The Kier molecular flexibility index (Phi) is 3.97. The van der Waals surface area contributed by atoms with Crippen LogP contribution >= 0.6 is 23.1 Å². The zero-order chi connectivity index (χ0) is 17.6. The van der Waals surface area contributed by atoms with Gasteiger partial charge in [0.25, 0.3) is 5.56 Å². The zero-order valence-corrected chi connectivity index (χ0v) is 15.2. The van der Waals surface area contributed by atoms with Crippen molar-refractivity contribution >= 4 is 50.1 Å². The van der Waals surface area contributed by atoms with E-state index >= 15 is 0 Å². The van der Waals surface area contributed by atoms with Crippen molar-refractivity contribution in [1.29, 1.82) is 0 Å². The van der Waals surface area contributed by atoms with Crippen LogP contribution in [0.2, 0.25) is 0 Å². The quantitative estimate of drug-likeness (QED) is 0.329. The molecule has 0 radical (unpaired) electrons. The number of para-hydroxylation sites is 1. The number of aromatic nitrogens is 2. The summed E-state index contributed by atoms with van der Waals surface area (Å²) in [4.78, 5) is 33.6. The molecule has 5 nitrogen and oxygen atoms in total. The minimum Gasteiger partial charge on any atom is -0.453 e. The van der Waals surface area contributed by atoms with Gasteiger partial charge in [0.1, 0.15) is 10.4 Å². The molecule has 4 aromatic rings. The number of nitrogens with one attached hydrogen (secondary N) is 1. The van der Waals surface area contributed by atoms with Crippen LogP contribution < -0.4 is 5.56 Å². The van der Waals surface area contributed by atoms with Gasteiger partial charge >= 0.3 is 0 Å². The van der Waals surface area contributed by atoms with Gasteiger partial charge in [-0.2, -0.15) is 0 Å². The molecule has 25 heavy (non-hydrogen) atoms. The molecule has 0 aliphatic carbocycles. The van der Waals surface area contributed by atoms with Crippen molar-refractivity contribution in [3.63, 3.8) is 0 Å². The Morgan fingerprint density at radius 3 is 2.92 bits per heavy atom. The number of hydrogen-bond acceptors (Lipinski definition) is 6. The van der Waals surface area contributed by atoms with Crippen LogP contribution in [0.5, 0.6) is 0 Å². The molecular weight excluding hydrogens is 356 g/mol. The standard InChI is InChI=1S/C18H14N2O3S2/c1-9-10(2)25-17-15(9)16(22)19-18(20-17)24-8-12(21)14-7-11-5-3-4-6-13(11)23-14/h3-7H,8H2,1-2H3,(H,19,20,22). The normalized spacial score (nSPS) is 11.4. The molecule has 0 amide bonds. The number of carbonyl (C=O) groups excluding carboxylic acids is 1. The van der Waals surface area contributed by atoms with Gasteiger partial charge in [0.2, 0.25) is 5.78 Å². The number of hydrogen-bond donors (Lipinski definition) is 1. The van der Waals surface area contributed by atoms with Gasteiger partial charge in [0.05, 0.1) is 11.1 Å². The van der Waals surface area contributed by atoms with Crippen molar-refractivity contribution in [3.8, 4) is 0 Å². The van der Waals surface area contributed by atoms with E-state index in [1.807, 2.05) is 38.1 Å². The van der Waals surface area contributed by atoms with Crippen LogP contribution in [-0.2, 0) is 0 Å². The van der Waals surface area contributed by atoms with E-state index in [1.54, 1.807) is 6.07 Å². The topological polar surface area (TPSA) is 76.0 Å². The average molecular weight is 370 g/mol. The first-order valence-electron chi connectivity index (χ1n) is 7.67. The van der Waals surface area contributed by atoms with Crippen molar-refractivity contribution in [1.82, 2.24) is 9.97 Å². The number of fused-ring (bicyclic) bond motifs is 2. The molecule has 1 aromatic carbocycles. The van der Waals surface area contributed by atoms with E-state index in [1.165, 1.54) is 23.1 Å². The summed E-state index contributed by atoms with van der Waals surface area (Å²) in [5, 5.41) is 1.98. The highest BCUT2D eigenvalue weighted by Crippen LogP contribution is 2.27. The monoisotopic (exact) mass is 370 g/mol. The third kappa shape index (κ3) is 2.89. The second-order valence-electron chi connectivity index (χ2n) is 5.69. The third-order valence-corrected chi connectivity index (χ3v) is 6.03. The Hall–Kier alpha value is -2.38. The summed E-state index contributed by atoms with van der Waals surface area (Å²) in [7, 11) is 0. The van der Waals surface area contributed by atoms with E-state index < -0.39 is 0 Å². The number of aromatic amines is 1. The maximum atomic E-state index is 12.4. The van der Waals surface area contributed by atoms with Crippen LogP contribution in [0, 0.1) is 13.8 Å². The lowest BCUT2D eigenvalue weighted by atomic mass is 10.2. The average Bonchev–Trinajstić information content (AvgIpc) is 3.14. The molecule has 1 N–H and O–H groups in total. The summed E-state index contributed by atoms with van der Waals surface area (Å²) in [6.45, 7) is 3.89. The number of ketones is 1. The molecule has 4 rings (SSSR count). The van der Waals surface area contributed by atoms with E-state index in [2.05, 4.69) is 9.97 Å². The fourth-order valence-electron chi connectivity index (χ4n) is 2.63. The highest BCUT2D eigenvalue weighted by Gasteiger charge is 2.15. The molecule has 0 fully saturated rings. The lowest BCUT2D eigenvalue weighted by molar-refractivity contribution is 0.0994. The summed E-state index contributed by atoms with van der Waals surface area (Å²) < 4.78 is 5.58. The van der Waals surface area contributed by atoms with Gasteiger partial charge < -0.3 is 9.40 Å². The summed E-state index contributed by atoms with van der Waals surface area (Å²) in [5.74, 6) is 0.333. The number of aryl methyl sites for hydroxylation is 2. The SMILES string of the molecule is Cc1sc2nc(SCC(=O)c3cc4ccccc4o3)[nH]c(=O)c2c1C. The van der Waals surface area contributed by atoms with Gasteiger partial charge in [-0.15, -0.1) is 11.3 Å². The fourth-order valence-corrected chi connectivity index (χ4v) is 4.45. The first-order valence-corrected chi connectivity index (χ1v) is 9.48. The van der Waals surface area contributed by atoms with E-state index in [0.29, 0.717) is 26.7 Å². The number of Topliss-reactive ketones (excluding diaryl/α,β-unsaturated/α-hetero) is 1. The predicted octanol–water partition coefficient (Wildman–Crippen LogP) is 4.32. The Bertz CT molecular complexity index is 1140. The highest BCUT2D eigenvalue weighted by molar-refractivity contribution is 7.99. The number of rotatable bonds is 4. The molecule has 0 aliphatic heterocycles. The Morgan fingerprint density at radius 1 is 1.32 bits per heavy atom. The van der Waals surface area contributed by atoms with Gasteiger partial charge in [0, 0.05) is 10.3 Å². The molecule has 126 valence electrons. The molecule has 0 atom stereocenters. The van der Waals surface area contributed by atoms with Crippen molar-refractivity contribution in [2.45, 2.75) is 19.0 Å². The van der Waals surface area contributed by atoms with Gasteiger partial charge in [-0.1, -0.05) is 30.0 Å². The van der Waals surface area contributed by atoms with Crippen molar-refractivity contribution in [2.24, 2.45) is 0 Å². The van der Waals surface area contributed by atoms with Crippen molar-refractivity contribution in [2.75, 3.05) is 5.75 Å². The maximum Gasteiger partial charge on any atom is 0.260 e. The van der Waals surface area contributed by atoms with E-state index in [4.69, 9.17) is 4.42 Å². The summed E-state index contributed by atoms with van der Waals surface area (Å²) in [6.07, 6.45) is 0. The largest absolute Gasteiger partial charge is 0.453 e. The van der Waals surface area contributed by atoms with Crippen LogP contribution in [0.1, 0.15) is 21.0 Å². The number of benzene rings is 1. The molecule has 7 heteroatoms. The number of thioether (sulfide) groups is 1. The molecular formula is C18H14N2O3S2. The fraction of sp³-hybridized carbons (Fsp3) is 0.167. The number of furan rings is 1. The first kappa shape index (κ1) is 16.1. The summed E-state index contributed by atoms with van der Waals surface area (Å²) in [5.41, 5.74) is 1.49. The third-order valence-electron chi connectivity index (χ3n) is 4.06. The highest BCUT2D eigenvalue weighted by atomic mass is 32.2. The number of H-pyrrole nitrogens is 1. The molecule has 0 saturated heterocycles. The maximum absolute atomic E-state index is 12.4. The van der Waals surface area contributed by atoms with Crippen molar-refractivity contribution in [3.05, 3.63) is 56.9 Å². The van der Waals surface area contributed by atoms with Crippen LogP contribution in [0.3, 0.4) is 0 Å². The Labute approximate surface area is 151 Å². The number of nitrogens with zero attached hydrogens (tertiary/aromatic N) is 1. The number of carbonyl (C=O) groups is 1. The van der Waals surface area contributed by atoms with Gasteiger partial charge in [-0.25, -0.2) is 4.98 Å². The van der Waals surface area contributed by atoms with E-state index in [-0.39, 0.29) is 17.1 Å². The smallest absolute Gasteiger partial charge is 0.260 e. The van der Waals surface area contributed by atoms with Gasteiger partial charge in [0.15, 0.2) is 10.9 Å². The minimum absolute atomic E-state index is 0.137.